The van der Waals surface area contributed by atoms with E-state index < -0.39 is 0 Å². The molecular formula is C15H21NOS. The van der Waals surface area contributed by atoms with Crippen LogP contribution in [0.25, 0.3) is 0 Å². The third kappa shape index (κ3) is 2.44. The average Bonchev–Trinajstić information content (AvgIpc) is 2.83. The quantitative estimate of drug-likeness (QED) is 0.907. The number of aliphatic hydroxyl groups is 1. The standard InChI is InChI=1S/C15H21NOS/c17-10-13-5-3-4-8-16(13)9-12-11-18-15-7-2-1-6-14(12)15/h1-2,6-7,12-13,17H,3-5,8-11H2. The van der Waals surface area contributed by atoms with E-state index in [1.807, 2.05) is 11.8 Å². The van der Waals surface area contributed by atoms with Crippen LogP contribution in [0.15, 0.2) is 29.2 Å². The Morgan fingerprint density at radius 2 is 2.17 bits per heavy atom. The fourth-order valence-electron chi connectivity index (χ4n) is 3.17. The Hall–Kier alpha value is -0.510. The molecule has 2 unspecified atom stereocenters. The highest BCUT2D eigenvalue weighted by molar-refractivity contribution is 7.99. The van der Waals surface area contributed by atoms with E-state index in [9.17, 15) is 5.11 Å². The minimum absolute atomic E-state index is 0.321. The van der Waals surface area contributed by atoms with Crippen LogP contribution in [0.3, 0.4) is 0 Å². The van der Waals surface area contributed by atoms with Crippen molar-refractivity contribution in [1.29, 1.82) is 0 Å². The van der Waals surface area contributed by atoms with Crippen molar-refractivity contribution in [2.24, 2.45) is 0 Å². The molecule has 0 aromatic heterocycles. The molecule has 3 rings (SSSR count). The molecule has 1 aromatic rings. The second kappa shape index (κ2) is 5.64. The van der Waals surface area contributed by atoms with E-state index >= 15 is 0 Å². The van der Waals surface area contributed by atoms with Gasteiger partial charge in [0.2, 0.25) is 0 Å². The van der Waals surface area contributed by atoms with Gasteiger partial charge in [-0.15, -0.1) is 11.8 Å². The maximum Gasteiger partial charge on any atom is 0.0586 e. The van der Waals surface area contributed by atoms with E-state index in [4.69, 9.17) is 0 Å². The van der Waals surface area contributed by atoms with Gasteiger partial charge in [-0.2, -0.15) is 0 Å². The van der Waals surface area contributed by atoms with Crippen LogP contribution in [0.2, 0.25) is 0 Å². The van der Waals surface area contributed by atoms with E-state index in [-0.39, 0.29) is 0 Å². The highest BCUT2D eigenvalue weighted by Crippen LogP contribution is 2.40. The number of likely N-dealkylation sites (tertiary alicyclic amines) is 1. The SMILES string of the molecule is OCC1CCCCN1CC1CSc2ccccc21. The van der Waals surface area contributed by atoms with Crippen molar-refractivity contribution in [3.8, 4) is 0 Å². The van der Waals surface area contributed by atoms with E-state index in [2.05, 4.69) is 29.2 Å². The van der Waals surface area contributed by atoms with Gasteiger partial charge in [0, 0.05) is 29.2 Å². The van der Waals surface area contributed by atoms with E-state index in [1.165, 1.54) is 29.1 Å². The van der Waals surface area contributed by atoms with Crippen molar-refractivity contribution in [1.82, 2.24) is 4.90 Å². The first-order valence-electron chi connectivity index (χ1n) is 6.95. The summed E-state index contributed by atoms with van der Waals surface area (Å²) in [5.74, 6) is 1.85. The van der Waals surface area contributed by atoms with Gasteiger partial charge in [-0.1, -0.05) is 24.6 Å². The van der Waals surface area contributed by atoms with Gasteiger partial charge in [0.1, 0.15) is 0 Å². The van der Waals surface area contributed by atoms with Gasteiger partial charge >= 0.3 is 0 Å². The molecule has 2 heterocycles. The van der Waals surface area contributed by atoms with Crippen LogP contribution in [0.4, 0.5) is 0 Å². The first-order valence-corrected chi connectivity index (χ1v) is 7.93. The van der Waals surface area contributed by atoms with Crippen LogP contribution >= 0.6 is 11.8 Å². The predicted octanol–water partition coefficient (Wildman–Crippen LogP) is 2.72. The lowest BCUT2D eigenvalue weighted by molar-refractivity contribution is 0.0864. The van der Waals surface area contributed by atoms with Crippen LogP contribution in [0.5, 0.6) is 0 Å². The Labute approximate surface area is 113 Å². The van der Waals surface area contributed by atoms with Gasteiger partial charge in [0.15, 0.2) is 0 Å². The van der Waals surface area contributed by atoms with Crippen molar-refractivity contribution in [2.45, 2.75) is 36.1 Å². The zero-order valence-corrected chi connectivity index (χ0v) is 11.5. The number of piperidine rings is 1. The molecule has 1 saturated heterocycles. The van der Waals surface area contributed by atoms with E-state index in [0.717, 1.165) is 19.5 Å². The molecule has 0 amide bonds. The number of hydrogen-bond donors (Lipinski definition) is 1. The average molecular weight is 263 g/mol. The van der Waals surface area contributed by atoms with Crippen LogP contribution in [-0.2, 0) is 0 Å². The lowest BCUT2D eigenvalue weighted by Crippen LogP contribution is -2.43. The zero-order chi connectivity index (χ0) is 12.4. The molecule has 98 valence electrons. The lowest BCUT2D eigenvalue weighted by atomic mass is 9.97. The number of aliphatic hydroxyl groups excluding tert-OH is 1. The van der Waals surface area contributed by atoms with Gasteiger partial charge in [0.25, 0.3) is 0 Å². The highest BCUT2D eigenvalue weighted by Gasteiger charge is 2.28. The Morgan fingerprint density at radius 3 is 3.06 bits per heavy atom. The molecule has 2 atom stereocenters. The van der Waals surface area contributed by atoms with Crippen molar-refractivity contribution in [2.75, 3.05) is 25.4 Å². The lowest BCUT2D eigenvalue weighted by Gasteiger charge is -2.36. The molecule has 1 aromatic carbocycles. The molecule has 0 spiro atoms. The molecule has 1 N–H and O–H groups in total. The first kappa shape index (κ1) is 12.5. The molecule has 18 heavy (non-hydrogen) atoms. The molecule has 3 heteroatoms. The summed E-state index contributed by atoms with van der Waals surface area (Å²) >= 11 is 1.98. The molecule has 2 nitrogen and oxygen atoms in total. The summed E-state index contributed by atoms with van der Waals surface area (Å²) in [5.41, 5.74) is 1.52. The first-order chi connectivity index (χ1) is 8.88. The fourth-order valence-corrected chi connectivity index (χ4v) is 4.41. The number of nitrogens with zero attached hydrogens (tertiary/aromatic N) is 1. The molecule has 2 aliphatic heterocycles. The Morgan fingerprint density at radius 1 is 1.28 bits per heavy atom. The molecular weight excluding hydrogens is 242 g/mol. The van der Waals surface area contributed by atoms with Crippen molar-refractivity contribution in [3.05, 3.63) is 29.8 Å². The summed E-state index contributed by atoms with van der Waals surface area (Å²) < 4.78 is 0. The Kier molecular flexibility index (Phi) is 3.92. The fraction of sp³-hybridized carbons (Fsp3) is 0.600. The summed E-state index contributed by atoms with van der Waals surface area (Å²) in [6.07, 6.45) is 3.73. The normalized spacial score (nSPS) is 28.3. The maximum absolute atomic E-state index is 9.48. The molecule has 0 saturated carbocycles. The van der Waals surface area contributed by atoms with Gasteiger partial charge in [-0.05, 0) is 31.0 Å². The van der Waals surface area contributed by atoms with Gasteiger partial charge in [-0.25, -0.2) is 0 Å². The van der Waals surface area contributed by atoms with Crippen molar-refractivity contribution < 1.29 is 5.11 Å². The number of hydrogen-bond acceptors (Lipinski definition) is 3. The monoisotopic (exact) mass is 263 g/mol. The molecule has 1 fully saturated rings. The minimum Gasteiger partial charge on any atom is -0.395 e. The van der Waals surface area contributed by atoms with E-state index in [0.29, 0.717) is 18.6 Å². The maximum atomic E-state index is 9.48. The molecule has 0 radical (unpaired) electrons. The topological polar surface area (TPSA) is 23.5 Å². The molecule has 0 bridgehead atoms. The van der Waals surface area contributed by atoms with Crippen molar-refractivity contribution in [3.63, 3.8) is 0 Å². The van der Waals surface area contributed by atoms with Crippen LogP contribution in [-0.4, -0.2) is 41.5 Å². The summed E-state index contributed by atoms with van der Waals surface area (Å²) in [6, 6.07) is 9.19. The number of rotatable bonds is 3. The number of fused-ring (bicyclic) bond motifs is 1. The second-order valence-corrected chi connectivity index (χ2v) is 6.43. The summed E-state index contributed by atoms with van der Waals surface area (Å²) in [4.78, 5) is 3.97. The molecule has 0 aliphatic carbocycles. The second-order valence-electron chi connectivity index (χ2n) is 5.37. The zero-order valence-electron chi connectivity index (χ0n) is 10.7. The van der Waals surface area contributed by atoms with Gasteiger partial charge in [0.05, 0.1) is 6.61 Å². The van der Waals surface area contributed by atoms with Crippen LogP contribution in [0, 0.1) is 0 Å². The van der Waals surface area contributed by atoms with Crippen molar-refractivity contribution >= 4 is 11.8 Å². The number of benzene rings is 1. The Balaban J connectivity index is 1.70. The Bertz CT molecular complexity index is 409. The van der Waals surface area contributed by atoms with Crippen LogP contribution in [0.1, 0.15) is 30.7 Å². The summed E-state index contributed by atoms with van der Waals surface area (Å²) in [6.45, 7) is 2.60. The van der Waals surface area contributed by atoms with Gasteiger partial charge < -0.3 is 5.11 Å². The van der Waals surface area contributed by atoms with Gasteiger partial charge in [-0.3, -0.25) is 4.90 Å². The van der Waals surface area contributed by atoms with Crippen LogP contribution < -0.4 is 0 Å². The third-order valence-electron chi connectivity index (χ3n) is 4.21. The largest absolute Gasteiger partial charge is 0.395 e. The highest BCUT2D eigenvalue weighted by atomic mass is 32.2. The predicted molar refractivity (Wildman–Crippen MR) is 76.2 cm³/mol. The number of thioether (sulfide) groups is 1. The smallest absolute Gasteiger partial charge is 0.0586 e. The molecule has 2 aliphatic rings. The van der Waals surface area contributed by atoms with E-state index in [1.54, 1.807) is 0 Å². The summed E-state index contributed by atoms with van der Waals surface area (Å²) in [5, 5.41) is 9.48. The minimum atomic E-state index is 0.321. The third-order valence-corrected chi connectivity index (χ3v) is 5.47. The summed E-state index contributed by atoms with van der Waals surface area (Å²) in [7, 11) is 0.